The molecule has 1 aliphatic carbocycles. The second-order valence-electron chi connectivity index (χ2n) is 5.06. The lowest BCUT2D eigenvalue weighted by Gasteiger charge is -2.21. The van der Waals surface area contributed by atoms with Crippen molar-refractivity contribution in [3.05, 3.63) is 21.9 Å². The molecular formula is C13H17Cl2N3O. The minimum absolute atomic E-state index is 0.0830. The fourth-order valence-corrected chi connectivity index (χ4v) is 3.11. The Labute approximate surface area is 122 Å². The van der Waals surface area contributed by atoms with Gasteiger partial charge in [-0.15, -0.1) is 10.2 Å². The number of carbonyl (C=O) groups is 1. The first-order chi connectivity index (χ1) is 9.02. The van der Waals surface area contributed by atoms with Crippen molar-refractivity contribution in [2.75, 3.05) is 0 Å². The number of nitrogens with zero attached hydrogens (tertiary/aromatic N) is 2. The van der Waals surface area contributed by atoms with Gasteiger partial charge in [0.25, 0.3) is 5.91 Å². The lowest BCUT2D eigenvalue weighted by molar-refractivity contribution is 0.0926. The first kappa shape index (κ1) is 14.5. The Morgan fingerprint density at radius 2 is 2.16 bits per heavy atom. The maximum absolute atomic E-state index is 12.2. The zero-order valence-electron chi connectivity index (χ0n) is 11.0. The van der Waals surface area contributed by atoms with Crippen LogP contribution in [0.4, 0.5) is 0 Å². The molecule has 104 valence electrons. The summed E-state index contributed by atoms with van der Waals surface area (Å²) in [4.78, 5) is 12.2. The molecule has 0 aliphatic heterocycles. The van der Waals surface area contributed by atoms with E-state index in [0.717, 1.165) is 19.3 Å². The van der Waals surface area contributed by atoms with Crippen molar-refractivity contribution in [3.63, 3.8) is 0 Å². The molecule has 6 heteroatoms. The minimum atomic E-state index is -0.226. The van der Waals surface area contributed by atoms with Crippen molar-refractivity contribution in [1.29, 1.82) is 0 Å². The Morgan fingerprint density at radius 1 is 1.42 bits per heavy atom. The summed E-state index contributed by atoms with van der Waals surface area (Å²) in [6, 6.07) is 1.64. The Hall–Kier alpha value is -0.870. The van der Waals surface area contributed by atoms with Crippen LogP contribution in [0.25, 0.3) is 0 Å². The number of aromatic nitrogens is 2. The quantitative estimate of drug-likeness (QED) is 0.931. The van der Waals surface area contributed by atoms with Crippen LogP contribution in [-0.4, -0.2) is 22.1 Å². The van der Waals surface area contributed by atoms with Gasteiger partial charge in [-0.1, -0.05) is 43.5 Å². The molecule has 19 heavy (non-hydrogen) atoms. The predicted octanol–water partition coefficient (Wildman–Crippen LogP) is 3.34. The number of amides is 1. The maximum Gasteiger partial charge on any atom is 0.254 e. The van der Waals surface area contributed by atoms with E-state index in [4.69, 9.17) is 23.2 Å². The van der Waals surface area contributed by atoms with E-state index in [-0.39, 0.29) is 27.8 Å². The van der Waals surface area contributed by atoms with Crippen molar-refractivity contribution in [1.82, 2.24) is 15.5 Å². The monoisotopic (exact) mass is 301 g/mol. The van der Waals surface area contributed by atoms with Crippen LogP contribution < -0.4 is 5.32 Å². The van der Waals surface area contributed by atoms with Crippen LogP contribution in [0.2, 0.25) is 10.3 Å². The van der Waals surface area contributed by atoms with E-state index in [1.807, 2.05) is 0 Å². The average Bonchev–Trinajstić information content (AvgIpc) is 2.73. The third-order valence-corrected chi connectivity index (χ3v) is 4.50. The van der Waals surface area contributed by atoms with Gasteiger partial charge in [0.2, 0.25) is 0 Å². The van der Waals surface area contributed by atoms with Gasteiger partial charge in [0.1, 0.15) is 0 Å². The normalized spacial score (nSPS) is 26.4. The number of nitrogens with one attached hydrogen (secondary N) is 1. The first-order valence-corrected chi connectivity index (χ1v) is 7.28. The third kappa shape index (κ3) is 3.18. The molecule has 0 bridgehead atoms. The van der Waals surface area contributed by atoms with Crippen molar-refractivity contribution >= 4 is 29.1 Å². The highest BCUT2D eigenvalue weighted by Gasteiger charge is 2.32. The van der Waals surface area contributed by atoms with Crippen molar-refractivity contribution in [2.24, 2.45) is 11.8 Å². The Balaban J connectivity index is 2.07. The van der Waals surface area contributed by atoms with Crippen LogP contribution in [0.1, 0.15) is 43.5 Å². The van der Waals surface area contributed by atoms with E-state index in [9.17, 15) is 4.79 Å². The van der Waals surface area contributed by atoms with Gasteiger partial charge < -0.3 is 5.32 Å². The van der Waals surface area contributed by atoms with Gasteiger partial charge in [-0.05, 0) is 30.7 Å². The highest BCUT2D eigenvalue weighted by molar-refractivity contribution is 6.34. The number of hydrogen-bond donors (Lipinski definition) is 1. The standard InChI is InChI=1S/C13H17Cl2N3O/c1-3-8-4-5-10(7(8)2)16-13(19)9-6-11(14)17-18-12(9)15/h6-8,10H,3-5H2,1-2H3,(H,16,19). The second kappa shape index (κ2) is 6.06. The fraction of sp³-hybridized carbons (Fsp3) is 0.615. The van der Waals surface area contributed by atoms with Crippen LogP contribution in [0.15, 0.2) is 6.07 Å². The summed E-state index contributed by atoms with van der Waals surface area (Å²) in [5, 5.41) is 10.5. The highest BCUT2D eigenvalue weighted by atomic mass is 35.5. The SMILES string of the molecule is CCC1CCC(NC(=O)c2cc(Cl)nnc2Cl)C1C. The van der Waals surface area contributed by atoms with Crippen LogP contribution in [0.5, 0.6) is 0 Å². The van der Waals surface area contributed by atoms with Crippen molar-refractivity contribution in [3.8, 4) is 0 Å². The summed E-state index contributed by atoms with van der Waals surface area (Å²) in [5.74, 6) is 0.938. The summed E-state index contributed by atoms with van der Waals surface area (Å²) < 4.78 is 0. The molecular weight excluding hydrogens is 285 g/mol. The number of hydrogen-bond acceptors (Lipinski definition) is 3. The molecule has 1 aromatic rings. The Morgan fingerprint density at radius 3 is 2.79 bits per heavy atom. The Bertz CT molecular complexity index is 481. The molecule has 2 rings (SSSR count). The van der Waals surface area contributed by atoms with Crippen LogP contribution >= 0.6 is 23.2 Å². The zero-order chi connectivity index (χ0) is 14.0. The first-order valence-electron chi connectivity index (χ1n) is 6.52. The van der Waals surface area contributed by atoms with Crippen LogP contribution in [0.3, 0.4) is 0 Å². The molecule has 1 aromatic heterocycles. The summed E-state index contributed by atoms with van der Waals surface area (Å²) in [7, 11) is 0. The average molecular weight is 302 g/mol. The minimum Gasteiger partial charge on any atom is -0.349 e. The van der Waals surface area contributed by atoms with E-state index in [2.05, 4.69) is 29.4 Å². The number of halogens is 2. The second-order valence-corrected chi connectivity index (χ2v) is 5.80. The zero-order valence-corrected chi connectivity index (χ0v) is 12.5. The van der Waals surface area contributed by atoms with Crippen LogP contribution in [-0.2, 0) is 0 Å². The van der Waals surface area contributed by atoms with Crippen molar-refractivity contribution < 1.29 is 4.79 Å². The largest absolute Gasteiger partial charge is 0.349 e. The molecule has 1 N–H and O–H groups in total. The van der Waals surface area contributed by atoms with E-state index in [1.165, 1.54) is 6.07 Å². The maximum atomic E-state index is 12.2. The van der Waals surface area contributed by atoms with Gasteiger partial charge in [-0.2, -0.15) is 0 Å². The van der Waals surface area contributed by atoms with Gasteiger partial charge >= 0.3 is 0 Å². The summed E-state index contributed by atoms with van der Waals surface area (Å²) in [6.07, 6.45) is 3.32. The number of carbonyl (C=O) groups excluding carboxylic acids is 1. The number of rotatable bonds is 3. The topological polar surface area (TPSA) is 54.9 Å². The molecule has 1 amide bonds. The van der Waals surface area contributed by atoms with E-state index < -0.39 is 0 Å². The predicted molar refractivity (Wildman–Crippen MR) is 75.5 cm³/mol. The molecule has 3 unspecified atom stereocenters. The summed E-state index contributed by atoms with van der Waals surface area (Å²) in [6.45, 7) is 4.38. The lowest BCUT2D eigenvalue weighted by atomic mass is 9.93. The van der Waals surface area contributed by atoms with Gasteiger partial charge in [-0.25, -0.2) is 0 Å². The summed E-state index contributed by atoms with van der Waals surface area (Å²) in [5.41, 5.74) is 0.286. The molecule has 1 fully saturated rings. The molecule has 1 saturated carbocycles. The van der Waals surface area contributed by atoms with Crippen molar-refractivity contribution in [2.45, 2.75) is 39.2 Å². The lowest BCUT2D eigenvalue weighted by Crippen LogP contribution is -2.37. The van der Waals surface area contributed by atoms with E-state index in [1.54, 1.807) is 0 Å². The molecule has 4 nitrogen and oxygen atoms in total. The molecule has 0 radical (unpaired) electrons. The molecule has 1 heterocycles. The van der Waals surface area contributed by atoms with Gasteiger partial charge in [0, 0.05) is 6.04 Å². The van der Waals surface area contributed by atoms with Crippen LogP contribution in [0, 0.1) is 11.8 Å². The third-order valence-electron chi connectivity index (χ3n) is 4.03. The molecule has 0 saturated heterocycles. The smallest absolute Gasteiger partial charge is 0.254 e. The summed E-state index contributed by atoms with van der Waals surface area (Å²) >= 11 is 11.6. The molecule has 0 spiro atoms. The Kier molecular flexibility index (Phi) is 4.63. The van der Waals surface area contributed by atoms with Gasteiger partial charge in [0.15, 0.2) is 10.3 Å². The van der Waals surface area contributed by atoms with E-state index in [0.29, 0.717) is 11.8 Å². The van der Waals surface area contributed by atoms with Gasteiger partial charge in [-0.3, -0.25) is 4.79 Å². The highest BCUT2D eigenvalue weighted by Crippen LogP contribution is 2.34. The molecule has 1 aliphatic rings. The molecule has 3 atom stereocenters. The van der Waals surface area contributed by atoms with E-state index >= 15 is 0 Å². The van der Waals surface area contributed by atoms with Gasteiger partial charge in [0.05, 0.1) is 5.56 Å². The molecule has 0 aromatic carbocycles. The fourth-order valence-electron chi connectivity index (χ4n) is 2.79.